The highest BCUT2D eigenvalue weighted by Crippen LogP contribution is 2.23. The third-order valence-electron chi connectivity index (χ3n) is 2.83. The van der Waals surface area contributed by atoms with Gasteiger partial charge in [-0.25, -0.2) is 4.79 Å². The van der Waals surface area contributed by atoms with E-state index in [1.807, 2.05) is 14.1 Å². The number of hydrogen-bond donors (Lipinski definition) is 1. The molecule has 5 nitrogen and oxygen atoms in total. The maximum absolute atomic E-state index is 12.0. The van der Waals surface area contributed by atoms with Gasteiger partial charge in [0.1, 0.15) is 5.60 Å². The SMILES string of the molecule is CN(C)C=CC(=O)c1ccc(CC(C)(C)OC(N)=O)cc1Cl. The number of allylic oxidation sites excluding steroid dienone is 1. The topological polar surface area (TPSA) is 72.6 Å². The second-order valence-electron chi connectivity index (χ2n) is 5.82. The van der Waals surface area contributed by atoms with Crippen LogP contribution in [0.2, 0.25) is 5.02 Å². The molecule has 0 saturated carbocycles. The van der Waals surface area contributed by atoms with E-state index in [0.717, 1.165) is 5.56 Å². The normalized spacial score (nSPS) is 11.5. The zero-order valence-electron chi connectivity index (χ0n) is 13.2. The Labute approximate surface area is 135 Å². The van der Waals surface area contributed by atoms with Crippen molar-refractivity contribution in [1.29, 1.82) is 0 Å². The summed E-state index contributed by atoms with van der Waals surface area (Å²) in [7, 11) is 3.66. The molecule has 0 unspecified atom stereocenters. The molecule has 1 rings (SSSR count). The first-order valence-corrected chi connectivity index (χ1v) is 7.14. The van der Waals surface area contributed by atoms with Crippen LogP contribution in [0.3, 0.4) is 0 Å². The first-order chi connectivity index (χ1) is 10.1. The fraction of sp³-hybridized carbons (Fsp3) is 0.375. The molecular weight excluding hydrogens is 304 g/mol. The van der Waals surface area contributed by atoms with E-state index in [0.29, 0.717) is 17.0 Å². The minimum atomic E-state index is -0.822. The average molecular weight is 325 g/mol. The van der Waals surface area contributed by atoms with Crippen molar-refractivity contribution in [3.05, 3.63) is 46.6 Å². The molecule has 0 aliphatic carbocycles. The highest BCUT2D eigenvalue weighted by atomic mass is 35.5. The van der Waals surface area contributed by atoms with Gasteiger partial charge in [0, 0.05) is 38.4 Å². The van der Waals surface area contributed by atoms with Crippen molar-refractivity contribution in [2.24, 2.45) is 5.73 Å². The first kappa shape index (κ1) is 18.0. The molecule has 0 saturated heterocycles. The highest BCUT2D eigenvalue weighted by molar-refractivity contribution is 6.34. The number of carbonyl (C=O) groups is 2. The van der Waals surface area contributed by atoms with Gasteiger partial charge in [-0.05, 0) is 31.5 Å². The van der Waals surface area contributed by atoms with E-state index in [9.17, 15) is 9.59 Å². The zero-order valence-corrected chi connectivity index (χ0v) is 14.0. The van der Waals surface area contributed by atoms with Gasteiger partial charge in [0.05, 0.1) is 5.02 Å². The largest absolute Gasteiger partial charge is 0.443 e. The molecule has 120 valence electrons. The third kappa shape index (κ3) is 5.77. The Hall–Kier alpha value is -2.01. The van der Waals surface area contributed by atoms with Crippen molar-refractivity contribution in [2.75, 3.05) is 14.1 Å². The summed E-state index contributed by atoms with van der Waals surface area (Å²) in [5.41, 5.74) is 5.57. The van der Waals surface area contributed by atoms with Crippen molar-refractivity contribution in [2.45, 2.75) is 25.9 Å². The molecule has 1 aromatic carbocycles. The maximum Gasteiger partial charge on any atom is 0.405 e. The number of rotatable bonds is 6. The van der Waals surface area contributed by atoms with Crippen LogP contribution in [0.4, 0.5) is 4.79 Å². The summed E-state index contributed by atoms with van der Waals surface area (Å²) in [5, 5.41) is 0.362. The molecule has 0 fully saturated rings. The molecule has 1 aromatic rings. The number of carbonyl (C=O) groups excluding carboxylic acids is 2. The number of halogens is 1. The van der Waals surface area contributed by atoms with Crippen molar-refractivity contribution < 1.29 is 14.3 Å². The Bertz CT molecular complexity index is 595. The van der Waals surface area contributed by atoms with E-state index in [-0.39, 0.29) is 5.78 Å². The Balaban J connectivity index is 2.90. The van der Waals surface area contributed by atoms with Crippen LogP contribution in [0.1, 0.15) is 29.8 Å². The molecule has 0 atom stereocenters. The van der Waals surface area contributed by atoms with Crippen molar-refractivity contribution in [3.8, 4) is 0 Å². The fourth-order valence-electron chi connectivity index (χ4n) is 1.97. The molecule has 2 N–H and O–H groups in total. The quantitative estimate of drug-likeness (QED) is 0.645. The molecule has 0 aliphatic heterocycles. The van der Waals surface area contributed by atoms with Crippen LogP contribution >= 0.6 is 11.6 Å². The molecule has 1 amide bonds. The number of primary amides is 1. The van der Waals surface area contributed by atoms with Crippen LogP contribution in [-0.2, 0) is 11.2 Å². The Morgan fingerprint density at radius 2 is 2.00 bits per heavy atom. The smallest absolute Gasteiger partial charge is 0.405 e. The van der Waals surface area contributed by atoms with Gasteiger partial charge in [0.2, 0.25) is 0 Å². The van der Waals surface area contributed by atoms with Crippen LogP contribution in [0.5, 0.6) is 0 Å². The van der Waals surface area contributed by atoms with Crippen molar-refractivity contribution in [3.63, 3.8) is 0 Å². The molecule has 6 heteroatoms. The fourth-order valence-corrected chi connectivity index (χ4v) is 2.27. The molecule has 0 bridgehead atoms. The lowest BCUT2D eigenvalue weighted by Gasteiger charge is -2.24. The molecule has 0 aromatic heterocycles. The van der Waals surface area contributed by atoms with Gasteiger partial charge in [-0.1, -0.05) is 17.7 Å². The molecule has 22 heavy (non-hydrogen) atoms. The minimum absolute atomic E-state index is 0.169. The van der Waals surface area contributed by atoms with Crippen LogP contribution in [-0.4, -0.2) is 36.5 Å². The predicted octanol–water partition coefficient (Wildman–Crippen LogP) is 3.01. The van der Waals surface area contributed by atoms with Crippen molar-refractivity contribution >= 4 is 23.5 Å². The van der Waals surface area contributed by atoms with Crippen LogP contribution < -0.4 is 5.73 Å². The highest BCUT2D eigenvalue weighted by Gasteiger charge is 2.22. The number of nitrogens with two attached hydrogens (primary N) is 1. The molecule has 0 aliphatic rings. The van der Waals surface area contributed by atoms with E-state index in [1.165, 1.54) is 6.08 Å². The summed E-state index contributed by atoms with van der Waals surface area (Å²) in [5.74, 6) is -0.169. The Morgan fingerprint density at radius 3 is 2.50 bits per heavy atom. The Kier molecular flexibility index (Phi) is 6.00. The van der Waals surface area contributed by atoms with Gasteiger partial charge in [-0.15, -0.1) is 0 Å². The van der Waals surface area contributed by atoms with Crippen LogP contribution in [0.15, 0.2) is 30.5 Å². The lowest BCUT2D eigenvalue weighted by Crippen LogP contribution is -2.33. The molecule has 0 spiro atoms. The second-order valence-corrected chi connectivity index (χ2v) is 6.22. The number of amides is 1. The number of benzene rings is 1. The summed E-state index contributed by atoms with van der Waals surface area (Å²) in [6.07, 6.45) is 2.74. The third-order valence-corrected chi connectivity index (χ3v) is 3.14. The number of ketones is 1. The standard InChI is InChI=1S/C16H21ClN2O3/c1-16(2,22-15(18)21)10-11-5-6-12(13(17)9-11)14(20)7-8-19(3)4/h5-9H,10H2,1-4H3,(H2,18,21). The zero-order chi connectivity index (χ0) is 16.9. The summed E-state index contributed by atoms with van der Waals surface area (Å²) in [6.45, 7) is 3.51. The van der Waals surface area contributed by atoms with Gasteiger partial charge in [-0.3, -0.25) is 4.79 Å². The van der Waals surface area contributed by atoms with Crippen LogP contribution in [0, 0.1) is 0 Å². The van der Waals surface area contributed by atoms with Gasteiger partial charge in [-0.2, -0.15) is 0 Å². The molecule has 0 heterocycles. The summed E-state index contributed by atoms with van der Waals surface area (Å²) in [6, 6.07) is 5.15. The van der Waals surface area contributed by atoms with Crippen molar-refractivity contribution in [1.82, 2.24) is 4.90 Å². The maximum atomic E-state index is 12.0. The van der Waals surface area contributed by atoms with E-state index >= 15 is 0 Å². The number of ether oxygens (including phenoxy) is 1. The first-order valence-electron chi connectivity index (χ1n) is 6.76. The average Bonchev–Trinajstić information content (AvgIpc) is 2.33. The summed E-state index contributed by atoms with van der Waals surface area (Å²) >= 11 is 6.17. The van der Waals surface area contributed by atoms with Gasteiger partial charge < -0.3 is 15.4 Å². The lowest BCUT2D eigenvalue weighted by atomic mass is 9.97. The predicted molar refractivity (Wildman–Crippen MR) is 87.1 cm³/mol. The van der Waals surface area contributed by atoms with E-state index in [2.05, 4.69) is 0 Å². The second kappa shape index (κ2) is 7.31. The molecule has 0 radical (unpaired) electrons. The van der Waals surface area contributed by atoms with Gasteiger partial charge in [0.15, 0.2) is 5.78 Å². The Morgan fingerprint density at radius 1 is 1.36 bits per heavy atom. The monoisotopic (exact) mass is 324 g/mol. The minimum Gasteiger partial charge on any atom is -0.443 e. The van der Waals surface area contributed by atoms with Gasteiger partial charge >= 0.3 is 6.09 Å². The summed E-state index contributed by atoms with van der Waals surface area (Å²) < 4.78 is 5.04. The van der Waals surface area contributed by atoms with E-state index in [1.54, 1.807) is 43.1 Å². The van der Waals surface area contributed by atoms with Crippen LogP contribution in [0.25, 0.3) is 0 Å². The van der Waals surface area contributed by atoms with E-state index in [4.69, 9.17) is 22.1 Å². The summed E-state index contributed by atoms with van der Waals surface area (Å²) in [4.78, 5) is 24.7. The van der Waals surface area contributed by atoms with E-state index < -0.39 is 11.7 Å². The number of hydrogen-bond acceptors (Lipinski definition) is 4. The lowest BCUT2D eigenvalue weighted by molar-refractivity contribution is 0.0460. The molecular formula is C16H21ClN2O3. The van der Waals surface area contributed by atoms with Gasteiger partial charge in [0.25, 0.3) is 0 Å². The number of nitrogens with zero attached hydrogens (tertiary/aromatic N) is 1.